The number of amides is 3. The normalized spacial score (nSPS) is 14.1. The quantitative estimate of drug-likeness (QED) is 0.0735. The smallest absolute Gasteiger partial charge is 0.328 e. The highest BCUT2D eigenvalue weighted by atomic mass is 16.4. The Kier molecular flexibility index (Phi) is 10.8. The van der Waals surface area contributed by atoms with Crippen LogP contribution in [0.2, 0.25) is 0 Å². The van der Waals surface area contributed by atoms with Crippen molar-refractivity contribution in [1.82, 2.24) is 20.9 Å². The second-order valence-corrected chi connectivity index (χ2v) is 8.49. The number of hydrogen-bond acceptors (Lipinski definition) is 7. The molecule has 4 atom stereocenters. The molecular weight excluding hydrogens is 484 g/mol. The van der Waals surface area contributed by atoms with Crippen molar-refractivity contribution >= 4 is 40.6 Å². The molecule has 202 valence electrons. The Morgan fingerprint density at radius 2 is 1.70 bits per heavy atom. The predicted octanol–water partition coefficient (Wildman–Crippen LogP) is -2.36. The average Bonchev–Trinajstić information content (AvgIpc) is 3.26. The van der Waals surface area contributed by atoms with Gasteiger partial charge >= 0.3 is 5.97 Å². The summed E-state index contributed by atoms with van der Waals surface area (Å²) in [5.74, 6) is -3.63. The van der Waals surface area contributed by atoms with E-state index in [-0.39, 0.29) is 25.3 Å². The zero-order valence-electron chi connectivity index (χ0n) is 20.4. The number of H-pyrrole nitrogens is 1. The summed E-state index contributed by atoms with van der Waals surface area (Å²) in [4.78, 5) is 56.1. The number of nitrogens with zero attached hydrogens (tertiary/aromatic N) is 1. The van der Waals surface area contributed by atoms with Crippen molar-refractivity contribution in [3.05, 3.63) is 36.0 Å². The van der Waals surface area contributed by atoms with Crippen molar-refractivity contribution in [2.45, 2.75) is 50.4 Å². The first-order valence-corrected chi connectivity index (χ1v) is 11.6. The Hall–Kier alpha value is -4.17. The minimum atomic E-state index is -1.52. The molecule has 14 nitrogen and oxygen atoms in total. The van der Waals surface area contributed by atoms with Gasteiger partial charge in [0.05, 0.1) is 12.6 Å². The van der Waals surface area contributed by atoms with Crippen LogP contribution in [0.15, 0.2) is 35.5 Å². The van der Waals surface area contributed by atoms with E-state index in [9.17, 15) is 19.2 Å². The van der Waals surface area contributed by atoms with Crippen LogP contribution in [0.25, 0.3) is 10.9 Å². The fourth-order valence-corrected chi connectivity index (χ4v) is 3.54. The first-order chi connectivity index (χ1) is 17.5. The molecule has 0 saturated heterocycles. The molecule has 4 unspecified atom stereocenters. The molecule has 0 aliphatic heterocycles. The van der Waals surface area contributed by atoms with Gasteiger partial charge in [0.25, 0.3) is 0 Å². The number of aromatic amines is 1. The number of hydrogen-bond donors (Lipinski definition) is 9. The summed E-state index contributed by atoms with van der Waals surface area (Å²) in [6.45, 7) is 0.723. The van der Waals surface area contributed by atoms with Crippen LogP contribution in [-0.4, -0.2) is 82.2 Å². The zero-order chi connectivity index (χ0) is 27.5. The van der Waals surface area contributed by atoms with E-state index in [1.54, 1.807) is 6.20 Å². The SMILES string of the molecule is CC(NC(=O)C(CCCN=C(N)N)NC(=O)C(N)Cc1c[nH]c2ccccc12)C(=O)NC(CO)C(=O)O. The largest absolute Gasteiger partial charge is 0.480 e. The Morgan fingerprint density at radius 3 is 2.35 bits per heavy atom. The van der Waals surface area contributed by atoms with Gasteiger partial charge in [-0.25, -0.2) is 4.79 Å². The number of carbonyl (C=O) groups excluding carboxylic acids is 3. The summed E-state index contributed by atoms with van der Waals surface area (Å²) in [7, 11) is 0. The molecule has 0 fully saturated rings. The van der Waals surface area contributed by atoms with Crippen LogP contribution in [0.5, 0.6) is 0 Å². The molecule has 2 aromatic rings. The van der Waals surface area contributed by atoms with Crippen molar-refractivity contribution in [2.24, 2.45) is 22.2 Å². The highest BCUT2D eigenvalue weighted by Crippen LogP contribution is 2.18. The van der Waals surface area contributed by atoms with Gasteiger partial charge in [-0.05, 0) is 37.8 Å². The Morgan fingerprint density at radius 1 is 1.03 bits per heavy atom. The first-order valence-electron chi connectivity index (χ1n) is 11.6. The van der Waals surface area contributed by atoms with Crippen molar-refractivity contribution in [3.63, 3.8) is 0 Å². The van der Waals surface area contributed by atoms with Crippen LogP contribution in [0.3, 0.4) is 0 Å². The minimum Gasteiger partial charge on any atom is -0.480 e. The molecular formula is C23H34N8O6. The van der Waals surface area contributed by atoms with Crippen LogP contribution in [0, 0.1) is 0 Å². The molecule has 0 aliphatic rings. The van der Waals surface area contributed by atoms with Crippen molar-refractivity contribution < 1.29 is 29.4 Å². The molecule has 37 heavy (non-hydrogen) atoms. The fourth-order valence-electron chi connectivity index (χ4n) is 3.54. The molecule has 1 aromatic heterocycles. The monoisotopic (exact) mass is 518 g/mol. The van der Waals surface area contributed by atoms with Gasteiger partial charge in [0, 0.05) is 23.6 Å². The standard InChI is InChI=1S/C23H34N8O6/c1-12(19(33)31-18(11-32)22(36)37)29-21(35)17(7-4-8-27-23(25)26)30-20(34)15(24)9-13-10-28-16-6-3-2-5-14(13)16/h2-3,5-6,10,12,15,17-18,28,32H,4,7-9,11,24H2,1H3,(H,29,35)(H,30,34)(H,31,33)(H,36,37)(H4,25,26,27). The third-order valence-electron chi connectivity index (χ3n) is 5.58. The fraction of sp³-hybridized carbons (Fsp3) is 0.435. The third kappa shape index (κ3) is 8.77. The van der Waals surface area contributed by atoms with Gasteiger partial charge in [-0.1, -0.05) is 18.2 Å². The molecule has 0 radical (unpaired) electrons. The second kappa shape index (κ2) is 13.8. The van der Waals surface area contributed by atoms with Crippen molar-refractivity contribution in [2.75, 3.05) is 13.2 Å². The summed E-state index contributed by atoms with van der Waals surface area (Å²) in [5.41, 5.74) is 18.5. The second-order valence-electron chi connectivity index (χ2n) is 8.49. The molecule has 2 rings (SSSR count). The van der Waals surface area contributed by atoms with Gasteiger partial charge in [-0.2, -0.15) is 0 Å². The summed E-state index contributed by atoms with van der Waals surface area (Å²) >= 11 is 0. The van der Waals surface area contributed by atoms with Gasteiger partial charge in [0.2, 0.25) is 17.7 Å². The number of aliphatic carboxylic acids is 1. The van der Waals surface area contributed by atoms with E-state index in [0.29, 0.717) is 6.42 Å². The summed E-state index contributed by atoms with van der Waals surface area (Å²) < 4.78 is 0. The number of para-hydroxylation sites is 1. The lowest BCUT2D eigenvalue weighted by atomic mass is 10.0. The molecule has 1 aromatic carbocycles. The summed E-state index contributed by atoms with van der Waals surface area (Å²) in [5, 5.41) is 26.2. The number of rotatable bonds is 14. The highest BCUT2D eigenvalue weighted by Gasteiger charge is 2.28. The van der Waals surface area contributed by atoms with E-state index in [4.69, 9.17) is 27.4 Å². The first kappa shape index (κ1) is 29.1. The van der Waals surface area contributed by atoms with E-state index in [2.05, 4.69) is 25.9 Å². The molecule has 0 bridgehead atoms. The minimum absolute atomic E-state index is 0.118. The van der Waals surface area contributed by atoms with Gasteiger partial charge in [-0.15, -0.1) is 0 Å². The number of fused-ring (bicyclic) bond motifs is 1. The van der Waals surface area contributed by atoms with Crippen LogP contribution >= 0.6 is 0 Å². The van der Waals surface area contributed by atoms with E-state index in [1.807, 2.05) is 24.3 Å². The number of guanidine groups is 1. The summed E-state index contributed by atoms with van der Waals surface area (Å²) in [6, 6.07) is 2.85. The van der Waals surface area contributed by atoms with Crippen LogP contribution < -0.4 is 33.2 Å². The zero-order valence-corrected chi connectivity index (χ0v) is 20.4. The Labute approximate surface area is 213 Å². The molecule has 0 aliphatic carbocycles. The number of nitrogens with one attached hydrogen (secondary N) is 4. The number of carboxylic acids is 1. The topological polar surface area (TPSA) is 251 Å². The maximum atomic E-state index is 12.9. The molecule has 1 heterocycles. The lowest BCUT2D eigenvalue weighted by Gasteiger charge is -2.23. The maximum absolute atomic E-state index is 12.9. The number of carbonyl (C=O) groups is 4. The Bertz CT molecular complexity index is 1130. The van der Waals surface area contributed by atoms with E-state index >= 15 is 0 Å². The molecule has 14 heteroatoms. The predicted molar refractivity (Wildman–Crippen MR) is 136 cm³/mol. The lowest BCUT2D eigenvalue weighted by molar-refractivity contribution is -0.143. The maximum Gasteiger partial charge on any atom is 0.328 e. The Balaban J connectivity index is 2.05. The number of aliphatic hydroxyl groups excluding tert-OH is 1. The molecule has 0 spiro atoms. The molecule has 12 N–H and O–H groups in total. The van der Waals surface area contributed by atoms with Crippen LogP contribution in [-0.2, 0) is 25.6 Å². The van der Waals surface area contributed by atoms with Gasteiger partial charge in [0.1, 0.15) is 18.1 Å². The van der Waals surface area contributed by atoms with E-state index in [0.717, 1.165) is 16.5 Å². The van der Waals surface area contributed by atoms with Crippen molar-refractivity contribution in [1.29, 1.82) is 0 Å². The number of aromatic nitrogens is 1. The van der Waals surface area contributed by atoms with E-state index < -0.39 is 54.5 Å². The van der Waals surface area contributed by atoms with Gasteiger partial charge in [-0.3, -0.25) is 19.4 Å². The molecule has 3 amide bonds. The number of nitrogens with two attached hydrogens (primary N) is 3. The third-order valence-corrected chi connectivity index (χ3v) is 5.58. The lowest BCUT2D eigenvalue weighted by Crippen LogP contribution is -2.56. The number of carboxylic acid groups (broad SMARTS) is 1. The van der Waals surface area contributed by atoms with Gasteiger partial charge < -0.3 is 48.3 Å². The van der Waals surface area contributed by atoms with Crippen LogP contribution in [0.4, 0.5) is 0 Å². The van der Waals surface area contributed by atoms with Gasteiger partial charge in [0.15, 0.2) is 5.96 Å². The van der Waals surface area contributed by atoms with Crippen molar-refractivity contribution in [3.8, 4) is 0 Å². The summed E-state index contributed by atoms with van der Waals surface area (Å²) in [6.07, 6.45) is 2.46. The number of aliphatic imine (C=N–C) groups is 1. The number of benzene rings is 1. The molecule has 0 saturated carbocycles. The number of aliphatic hydroxyl groups is 1. The van der Waals surface area contributed by atoms with E-state index in [1.165, 1.54) is 6.92 Å². The average molecular weight is 519 g/mol. The van der Waals surface area contributed by atoms with Crippen LogP contribution in [0.1, 0.15) is 25.3 Å². The highest BCUT2D eigenvalue weighted by molar-refractivity contribution is 5.94.